The van der Waals surface area contributed by atoms with Gasteiger partial charge >= 0.3 is 0 Å². The molecule has 2 N–H and O–H groups in total. The summed E-state index contributed by atoms with van der Waals surface area (Å²) in [6, 6.07) is 16.3. The molecule has 0 bridgehead atoms. The molecule has 120 valence electrons. The molecule has 24 heavy (non-hydrogen) atoms. The minimum Gasteiger partial charge on any atom is -0.326 e. The van der Waals surface area contributed by atoms with Crippen molar-refractivity contribution in [1.82, 2.24) is 0 Å². The van der Waals surface area contributed by atoms with Crippen molar-refractivity contribution in [2.75, 3.05) is 10.6 Å². The van der Waals surface area contributed by atoms with E-state index in [0.717, 1.165) is 11.3 Å². The van der Waals surface area contributed by atoms with E-state index in [0.29, 0.717) is 17.7 Å². The second-order valence-electron chi connectivity index (χ2n) is 5.99. The van der Waals surface area contributed by atoms with E-state index in [1.807, 2.05) is 37.3 Å². The number of rotatable bonds is 4. The summed E-state index contributed by atoms with van der Waals surface area (Å²) in [5, 5.41) is 14.5. The number of carbonyl (C=O) groups excluding carboxylic acids is 2. The Hall–Kier alpha value is -3.13. The van der Waals surface area contributed by atoms with E-state index >= 15 is 0 Å². The number of nitrogens with one attached hydrogen (secondary N) is 2. The van der Waals surface area contributed by atoms with Crippen LogP contribution in [0.15, 0.2) is 48.5 Å². The van der Waals surface area contributed by atoms with Crippen LogP contribution in [-0.2, 0) is 9.59 Å². The molecule has 0 heterocycles. The van der Waals surface area contributed by atoms with Gasteiger partial charge in [0.05, 0.1) is 23.5 Å². The molecule has 1 saturated carbocycles. The number of amides is 2. The molecule has 3 rings (SSSR count). The zero-order chi connectivity index (χ0) is 17.1. The number of hydrogen-bond donors (Lipinski definition) is 2. The molecular weight excluding hydrogens is 302 g/mol. The van der Waals surface area contributed by atoms with Crippen molar-refractivity contribution in [3.8, 4) is 6.07 Å². The van der Waals surface area contributed by atoms with Gasteiger partial charge < -0.3 is 10.6 Å². The first-order chi connectivity index (χ1) is 11.6. The van der Waals surface area contributed by atoms with E-state index < -0.39 is 0 Å². The summed E-state index contributed by atoms with van der Waals surface area (Å²) >= 11 is 0. The van der Waals surface area contributed by atoms with Crippen molar-refractivity contribution >= 4 is 23.2 Å². The molecule has 0 aliphatic heterocycles. The van der Waals surface area contributed by atoms with Crippen molar-refractivity contribution in [2.45, 2.75) is 13.3 Å². The predicted octanol–water partition coefficient (Wildman–Crippen LogP) is 3.08. The monoisotopic (exact) mass is 319 g/mol. The van der Waals surface area contributed by atoms with Gasteiger partial charge in [-0.25, -0.2) is 0 Å². The van der Waals surface area contributed by atoms with Gasteiger partial charge in [-0.05, 0) is 49.2 Å². The van der Waals surface area contributed by atoms with Gasteiger partial charge in [0.15, 0.2) is 0 Å². The molecule has 1 aliphatic carbocycles. The SMILES string of the molecule is Cc1cccc(NC(=O)C2CC2C(=O)Nc2cccc(C#N)c2)c1. The fraction of sp³-hybridized carbons (Fsp3) is 0.211. The summed E-state index contributed by atoms with van der Waals surface area (Å²) in [6.45, 7) is 1.96. The van der Waals surface area contributed by atoms with Gasteiger partial charge in [0, 0.05) is 11.4 Å². The Bertz CT molecular complexity index is 839. The zero-order valence-corrected chi connectivity index (χ0v) is 13.2. The Kier molecular flexibility index (Phi) is 4.30. The number of nitriles is 1. The lowest BCUT2D eigenvalue weighted by atomic mass is 10.2. The van der Waals surface area contributed by atoms with Crippen LogP contribution < -0.4 is 10.6 Å². The second-order valence-corrected chi connectivity index (χ2v) is 5.99. The van der Waals surface area contributed by atoms with Gasteiger partial charge in [0.1, 0.15) is 0 Å². The second kappa shape index (κ2) is 6.55. The fourth-order valence-corrected chi connectivity index (χ4v) is 2.63. The van der Waals surface area contributed by atoms with E-state index in [1.54, 1.807) is 24.3 Å². The van der Waals surface area contributed by atoms with Crippen LogP contribution >= 0.6 is 0 Å². The van der Waals surface area contributed by atoms with Crippen LogP contribution in [0.25, 0.3) is 0 Å². The molecule has 1 fully saturated rings. The van der Waals surface area contributed by atoms with E-state index in [2.05, 4.69) is 10.6 Å². The van der Waals surface area contributed by atoms with Crippen LogP contribution in [-0.4, -0.2) is 11.8 Å². The molecule has 5 nitrogen and oxygen atoms in total. The predicted molar refractivity (Wildman–Crippen MR) is 91.2 cm³/mol. The first-order valence-corrected chi connectivity index (χ1v) is 7.75. The average molecular weight is 319 g/mol. The van der Waals surface area contributed by atoms with Crippen LogP contribution in [0.4, 0.5) is 11.4 Å². The Labute approximate surface area is 140 Å². The maximum atomic E-state index is 12.2. The van der Waals surface area contributed by atoms with E-state index in [1.165, 1.54) is 0 Å². The minimum atomic E-state index is -0.319. The lowest BCUT2D eigenvalue weighted by Gasteiger charge is -2.07. The molecule has 2 aromatic carbocycles. The molecule has 2 amide bonds. The van der Waals surface area contributed by atoms with Gasteiger partial charge in [-0.2, -0.15) is 5.26 Å². The highest BCUT2D eigenvalue weighted by atomic mass is 16.2. The largest absolute Gasteiger partial charge is 0.326 e. The molecule has 0 saturated heterocycles. The Morgan fingerprint density at radius 1 is 1.00 bits per heavy atom. The van der Waals surface area contributed by atoms with E-state index in [4.69, 9.17) is 5.26 Å². The van der Waals surface area contributed by atoms with E-state index in [9.17, 15) is 9.59 Å². The highest BCUT2D eigenvalue weighted by molar-refractivity contribution is 6.03. The minimum absolute atomic E-state index is 0.133. The van der Waals surface area contributed by atoms with Gasteiger partial charge in [-0.15, -0.1) is 0 Å². The first kappa shape index (κ1) is 15.8. The first-order valence-electron chi connectivity index (χ1n) is 7.75. The van der Waals surface area contributed by atoms with Crippen LogP contribution in [0.1, 0.15) is 17.5 Å². The standard InChI is InChI=1S/C19H17N3O2/c1-12-4-2-6-14(8-12)21-18(23)16-10-17(16)19(24)22-15-7-3-5-13(9-15)11-20/h2-9,16-17H,10H2,1H3,(H,21,23)(H,22,24). The Morgan fingerprint density at radius 2 is 1.58 bits per heavy atom. The van der Waals surface area contributed by atoms with Gasteiger partial charge in [0.2, 0.25) is 11.8 Å². The summed E-state index contributed by atoms with van der Waals surface area (Å²) in [6.07, 6.45) is 0.543. The van der Waals surface area contributed by atoms with Crippen LogP contribution in [0.3, 0.4) is 0 Å². The smallest absolute Gasteiger partial charge is 0.228 e. The summed E-state index contributed by atoms with van der Waals surface area (Å²) in [4.78, 5) is 24.4. The normalized spacial score (nSPS) is 18.3. The number of hydrogen-bond acceptors (Lipinski definition) is 3. The maximum Gasteiger partial charge on any atom is 0.228 e. The third-order valence-corrected chi connectivity index (χ3v) is 4.01. The van der Waals surface area contributed by atoms with Crippen molar-refractivity contribution in [3.63, 3.8) is 0 Å². The molecule has 0 aromatic heterocycles. The number of benzene rings is 2. The number of aryl methyl sites for hydroxylation is 1. The highest BCUT2D eigenvalue weighted by Gasteiger charge is 2.48. The molecular formula is C19H17N3O2. The molecule has 2 atom stereocenters. The van der Waals surface area contributed by atoms with Crippen LogP contribution in [0, 0.1) is 30.1 Å². The zero-order valence-electron chi connectivity index (χ0n) is 13.2. The van der Waals surface area contributed by atoms with Gasteiger partial charge in [0.25, 0.3) is 0 Å². The summed E-state index contributed by atoms with van der Waals surface area (Å²) in [5.74, 6) is -0.939. The number of carbonyl (C=O) groups is 2. The van der Waals surface area contributed by atoms with Crippen molar-refractivity contribution in [3.05, 3.63) is 59.7 Å². The van der Waals surface area contributed by atoms with E-state index in [-0.39, 0.29) is 23.7 Å². The lowest BCUT2D eigenvalue weighted by molar-refractivity contribution is -0.122. The molecule has 0 radical (unpaired) electrons. The van der Waals surface area contributed by atoms with Crippen LogP contribution in [0.5, 0.6) is 0 Å². The fourth-order valence-electron chi connectivity index (χ4n) is 2.63. The number of anilines is 2. The molecule has 0 spiro atoms. The highest BCUT2D eigenvalue weighted by Crippen LogP contribution is 2.40. The summed E-state index contributed by atoms with van der Waals surface area (Å²) in [7, 11) is 0. The number of nitrogens with zero attached hydrogens (tertiary/aromatic N) is 1. The van der Waals surface area contributed by atoms with Crippen LogP contribution in [0.2, 0.25) is 0 Å². The van der Waals surface area contributed by atoms with Crippen molar-refractivity contribution in [1.29, 1.82) is 5.26 Å². The quantitative estimate of drug-likeness (QED) is 0.908. The van der Waals surface area contributed by atoms with Crippen molar-refractivity contribution in [2.24, 2.45) is 11.8 Å². The third kappa shape index (κ3) is 3.61. The third-order valence-electron chi connectivity index (χ3n) is 4.01. The van der Waals surface area contributed by atoms with Gasteiger partial charge in [-0.1, -0.05) is 18.2 Å². The average Bonchev–Trinajstić information content (AvgIpc) is 3.36. The molecule has 5 heteroatoms. The summed E-state index contributed by atoms with van der Waals surface area (Å²) < 4.78 is 0. The Balaban J connectivity index is 1.57. The molecule has 1 aliphatic rings. The lowest BCUT2D eigenvalue weighted by Crippen LogP contribution is -2.20. The molecule has 2 unspecified atom stereocenters. The topological polar surface area (TPSA) is 82.0 Å². The Morgan fingerprint density at radius 3 is 2.17 bits per heavy atom. The maximum absolute atomic E-state index is 12.2. The van der Waals surface area contributed by atoms with Gasteiger partial charge in [-0.3, -0.25) is 9.59 Å². The summed E-state index contributed by atoms with van der Waals surface area (Å²) in [5.41, 5.74) is 2.86. The molecule has 2 aromatic rings. The van der Waals surface area contributed by atoms with Crippen molar-refractivity contribution < 1.29 is 9.59 Å².